The van der Waals surface area contributed by atoms with Crippen molar-refractivity contribution in [1.29, 1.82) is 0 Å². The predicted molar refractivity (Wildman–Crippen MR) is 88.3 cm³/mol. The van der Waals surface area contributed by atoms with Gasteiger partial charge < -0.3 is 5.32 Å². The summed E-state index contributed by atoms with van der Waals surface area (Å²) >= 11 is 0. The molecule has 1 saturated heterocycles. The highest BCUT2D eigenvalue weighted by Gasteiger charge is 2.27. The Labute approximate surface area is 128 Å². The fourth-order valence-corrected chi connectivity index (χ4v) is 4.15. The lowest BCUT2D eigenvalue weighted by atomic mass is 9.72. The third-order valence-electron chi connectivity index (χ3n) is 5.66. The minimum Gasteiger partial charge on any atom is -0.307 e. The highest BCUT2D eigenvalue weighted by molar-refractivity contribution is 5.33. The van der Waals surface area contributed by atoms with E-state index in [4.69, 9.17) is 0 Å². The normalized spacial score (nSPS) is 31.7. The molecular formula is C20H25N. The van der Waals surface area contributed by atoms with Crippen molar-refractivity contribution in [2.45, 2.75) is 50.5 Å². The summed E-state index contributed by atoms with van der Waals surface area (Å²) in [6.07, 6.45) is 10.0. The molecule has 21 heavy (non-hydrogen) atoms. The fraction of sp³-hybridized carbons (Fsp3) is 0.500. The Balaban J connectivity index is 1.48. The predicted octanol–water partition coefficient (Wildman–Crippen LogP) is 4.88. The van der Waals surface area contributed by atoms with Crippen molar-refractivity contribution in [3.05, 3.63) is 59.2 Å². The van der Waals surface area contributed by atoms with Gasteiger partial charge in [-0.2, -0.15) is 0 Å². The number of benzene rings is 1. The summed E-state index contributed by atoms with van der Waals surface area (Å²) in [6, 6.07) is 10.0. The average molecular weight is 279 g/mol. The summed E-state index contributed by atoms with van der Waals surface area (Å²) < 4.78 is 0. The van der Waals surface area contributed by atoms with Crippen LogP contribution in [0.15, 0.2) is 48.1 Å². The highest BCUT2D eigenvalue weighted by atomic mass is 15.1. The lowest BCUT2D eigenvalue weighted by molar-refractivity contribution is 0.463. The van der Waals surface area contributed by atoms with Crippen LogP contribution in [0, 0.1) is 5.92 Å². The Morgan fingerprint density at radius 3 is 2.33 bits per heavy atom. The first-order valence-electron chi connectivity index (χ1n) is 8.49. The molecule has 1 heteroatoms. The second-order valence-corrected chi connectivity index (χ2v) is 7.01. The molecule has 1 nitrogen and oxygen atoms in total. The quantitative estimate of drug-likeness (QED) is 0.618. The van der Waals surface area contributed by atoms with E-state index in [1.807, 2.05) is 0 Å². The molecule has 1 aromatic carbocycles. The van der Waals surface area contributed by atoms with E-state index in [2.05, 4.69) is 42.2 Å². The Morgan fingerprint density at radius 1 is 0.952 bits per heavy atom. The average Bonchev–Trinajstić information content (AvgIpc) is 3.39. The summed E-state index contributed by atoms with van der Waals surface area (Å²) in [4.78, 5) is 0. The van der Waals surface area contributed by atoms with Crippen LogP contribution in [0.4, 0.5) is 0 Å². The number of hydrogen-bond acceptors (Lipinski definition) is 1. The van der Waals surface area contributed by atoms with Crippen molar-refractivity contribution in [2.24, 2.45) is 5.92 Å². The fourth-order valence-electron chi connectivity index (χ4n) is 4.15. The number of allylic oxidation sites excluding steroid dienone is 3. The van der Waals surface area contributed by atoms with Gasteiger partial charge in [-0.25, -0.2) is 0 Å². The van der Waals surface area contributed by atoms with Crippen molar-refractivity contribution in [3.63, 3.8) is 0 Å². The molecule has 1 aliphatic heterocycles. The van der Waals surface area contributed by atoms with Gasteiger partial charge in [-0.15, -0.1) is 6.58 Å². The van der Waals surface area contributed by atoms with Gasteiger partial charge in [0.1, 0.15) is 0 Å². The molecule has 1 heterocycles. The maximum atomic E-state index is 3.98. The van der Waals surface area contributed by atoms with Gasteiger partial charge in [-0.05, 0) is 61.5 Å². The number of rotatable bonds is 3. The van der Waals surface area contributed by atoms with Crippen molar-refractivity contribution in [1.82, 2.24) is 5.32 Å². The first-order valence-corrected chi connectivity index (χ1v) is 8.49. The Morgan fingerprint density at radius 2 is 1.62 bits per heavy atom. The summed E-state index contributed by atoms with van der Waals surface area (Å²) in [5.41, 5.74) is 6.55. The number of nitrogens with one attached hydrogen (secondary N) is 1. The molecule has 110 valence electrons. The molecule has 2 aliphatic carbocycles. The van der Waals surface area contributed by atoms with Gasteiger partial charge in [-0.1, -0.05) is 41.5 Å². The second kappa shape index (κ2) is 5.46. The zero-order chi connectivity index (χ0) is 14.2. The lowest BCUT2D eigenvalue weighted by Crippen LogP contribution is -2.16. The Kier molecular flexibility index (Phi) is 3.46. The van der Waals surface area contributed by atoms with Crippen LogP contribution in [0.1, 0.15) is 61.6 Å². The molecule has 3 aliphatic rings. The van der Waals surface area contributed by atoms with E-state index in [-0.39, 0.29) is 0 Å². The van der Waals surface area contributed by atoms with Crippen LogP contribution in [0.25, 0.3) is 0 Å². The monoisotopic (exact) mass is 279 g/mol. The van der Waals surface area contributed by atoms with Gasteiger partial charge >= 0.3 is 0 Å². The lowest BCUT2D eigenvalue weighted by Gasteiger charge is -2.33. The van der Waals surface area contributed by atoms with Gasteiger partial charge in [0.05, 0.1) is 0 Å². The van der Waals surface area contributed by atoms with Crippen LogP contribution in [0.2, 0.25) is 0 Å². The first kappa shape index (κ1) is 13.3. The van der Waals surface area contributed by atoms with Gasteiger partial charge in [0.2, 0.25) is 0 Å². The standard InChI is InChI=1S/C20H25N/c1-2-14-3-4-19-12-18(10-9-17(19)11-14)15-5-7-16(8-6-15)20-13-21-20/h2,5-8,14,18,20-21H,1,3-4,9-13H2/t14?,18?,20-/m0/s1. The van der Waals surface area contributed by atoms with E-state index < -0.39 is 0 Å². The largest absolute Gasteiger partial charge is 0.307 e. The van der Waals surface area contributed by atoms with E-state index in [1.165, 1.54) is 44.1 Å². The van der Waals surface area contributed by atoms with Crippen LogP contribution in [-0.2, 0) is 0 Å². The maximum absolute atomic E-state index is 3.98. The molecule has 2 unspecified atom stereocenters. The molecule has 0 bridgehead atoms. The van der Waals surface area contributed by atoms with Crippen molar-refractivity contribution in [2.75, 3.05) is 6.54 Å². The molecule has 1 aromatic rings. The smallest absolute Gasteiger partial charge is 0.0447 e. The van der Waals surface area contributed by atoms with Gasteiger partial charge in [0.25, 0.3) is 0 Å². The molecular weight excluding hydrogens is 254 g/mol. The van der Waals surface area contributed by atoms with Crippen molar-refractivity contribution < 1.29 is 0 Å². The van der Waals surface area contributed by atoms with E-state index >= 15 is 0 Å². The first-order chi connectivity index (χ1) is 10.3. The van der Waals surface area contributed by atoms with Crippen molar-refractivity contribution in [3.8, 4) is 0 Å². The molecule has 1 N–H and O–H groups in total. The van der Waals surface area contributed by atoms with Crippen molar-refractivity contribution >= 4 is 0 Å². The summed E-state index contributed by atoms with van der Waals surface area (Å²) in [5.74, 6) is 1.50. The molecule has 0 amide bonds. The SMILES string of the molecule is C=CC1CCC2=C(CCC(c3ccc([C@@H]4CN4)cc3)C2)C1. The van der Waals surface area contributed by atoms with Crippen LogP contribution in [0.5, 0.6) is 0 Å². The number of hydrogen-bond donors (Lipinski definition) is 1. The van der Waals surface area contributed by atoms with Crippen LogP contribution in [-0.4, -0.2) is 6.54 Å². The van der Waals surface area contributed by atoms with Gasteiger partial charge in [0.15, 0.2) is 0 Å². The van der Waals surface area contributed by atoms with Crippen LogP contribution < -0.4 is 5.32 Å². The van der Waals surface area contributed by atoms with E-state index in [0.717, 1.165) is 18.4 Å². The van der Waals surface area contributed by atoms with E-state index in [0.29, 0.717) is 6.04 Å². The Bertz CT molecular complexity index is 562. The molecule has 0 spiro atoms. The van der Waals surface area contributed by atoms with E-state index in [9.17, 15) is 0 Å². The summed E-state index contributed by atoms with van der Waals surface area (Å²) in [7, 11) is 0. The molecule has 0 radical (unpaired) electrons. The summed E-state index contributed by atoms with van der Waals surface area (Å²) in [5, 5.41) is 3.38. The van der Waals surface area contributed by atoms with Crippen LogP contribution in [0.3, 0.4) is 0 Å². The third-order valence-corrected chi connectivity index (χ3v) is 5.66. The van der Waals surface area contributed by atoms with E-state index in [1.54, 1.807) is 16.7 Å². The summed E-state index contributed by atoms with van der Waals surface area (Å²) in [6.45, 7) is 5.14. The molecule has 3 atom stereocenters. The minimum absolute atomic E-state index is 0.633. The van der Waals surface area contributed by atoms with Crippen LogP contribution >= 0.6 is 0 Å². The molecule has 0 saturated carbocycles. The maximum Gasteiger partial charge on any atom is 0.0447 e. The zero-order valence-electron chi connectivity index (χ0n) is 12.8. The topological polar surface area (TPSA) is 21.9 Å². The third kappa shape index (κ3) is 2.72. The zero-order valence-corrected chi connectivity index (χ0v) is 12.8. The van der Waals surface area contributed by atoms with Gasteiger partial charge in [0, 0.05) is 12.6 Å². The molecule has 1 fully saturated rings. The minimum atomic E-state index is 0.633. The Hall–Kier alpha value is -1.34. The highest BCUT2D eigenvalue weighted by Crippen LogP contribution is 2.44. The second-order valence-electron chi connectivity index (χ2n) is 7.01. The molecule has 4 rings (SSSR count). The van der Waals surface area contributed by atoms with Gasteiger partial charge in [-0.3, -0.25) is 0 Å². The molecule has 0 aromatic heterocycles.